The van der Waals surface area contributed by atoms with Crippen LogP contribution in [0.25, 0.3) is 0 Å². The summed E-state index contributed by atoms with van der Waals surface area (Å²) in [7, 11) is 0.0343. The summed E-state index contributed by atoms with van der Waals surface area (Å²) in [6, 6.07) is 0. The Morgan fingerprint density at radius 2 is 0.889 bits per heavy atom. The van der Waals surface area contributed by atoms with Crippen LogP contribution in [0.4, 0.5) is 0 Å². The Hall–Kier alpha value is 0.860. The monoisotopic (exact) mass is 414 g/mol. The number of hydrogen-bond acceptors (Lipinski definition) is 0. The first-order valence-corrected chi connectivity index (χ1v) is 14.4. The van der Waals surface area contributed by atoms with Crippen LogP contribution in [0.1, 0.15) is 109 Å². The van der Waals surface area contributed by atoms with Gasteiger partial charge in [0, 0.05) is 0 Å². The summed E-state index contributed by atoms with van der Waals surface area (Å²) in [5, 5.41) is 1.83. The molecule has 2 heteroatoms. The maximum absolute atomic E-state index is 2.51. The van der Waals surface area contributed by atoms with Crippen molar-refractivity contribution in [2.45, 2.75) is 130 Å². The van der Waals surface area contributed by atoms with Crippen LogP contribution in [0.15, 0.2) is 0 Å². The van der Waals surface area contributed by atoms with E-state index in [0.29, 0.717) is 20.6 Å². The highest BCUT2D eigenvalue weighted by Crippen LogP contribution is 2.64. The van der Waals surface area contributed by atoms with E-state index in [-0.39, 0.29) is 15.8 Å². The fourth-order valence-corrected chi connectivity index (χ4v) is 13.7. The highest BCUT2D eigenvalue weighted by atomic mass is 31.1. The molecule has 0 heterocycles. The van der Waals surface area contributed by atoms with Crippen LogP contribution < -0.4 is 0 Å². The van der Waals surface area contributed by atoms with Crippen LogP contribution in [-0.4, -0.2) is 32.9 Å². The van der Waals surface area contributed by atoms with Gasteiger partial charge in [-0.25, -0.2) is 0 Å². The summed E-state index contributed by atoms with van der Waals surface area (Å²) in [4.78, 5) is 0. The second-order valence-corrected chi connectivity index (χ2v) is 21.2. The fourth-order valence-electron chi connectivity index (χ4n) is 5.60. The molecule has 0 N–H and O–H groups in total. The summed E-state index contributed by atoms with van der Waals surface area (Å²) in [5.74, 6) is 2.84. The molecule has 27 heavy (non-hydrogen) atoms. The van der Waals surface area contributed by atoms with Crippen molar-refractivity contribution in [1.82, 2.24) is 0 Å². The second-order valence-electron chi connectivity index (χ2n) is 13.3. The third-order valence-electron chi connectivity index (χ3n) is 6.48. The predicted octanol–water partition coefficient (Wildman–Crippen LogP) is 9.20. The van der Waals surface area contributed by atoms with Crippen molar-refractivity contribution in [3.8, 4) is 0 Å². The van der Waals surface area contributed by atoms with E-state index in [9.17, 15) is 0 Å². The summed E-state index contributed by atoms with van der Waals surface area (Å²) >= 11 is 0. The zero-order valence-electron chi connectivity index (χ0n) is 21.2. The molecule has 0 radical (unpaired) electrons. The quantitative estimate of drug-likeness (QED) is 0.402. The van der Waals surface area contributed by atoms with E-state index < -0.39 is 0 Å². The Morgan fingerprint density at radius 3 is 1.22 bits per heavy atom. The highest BCUT2D eigenvalue weighted by molar-refractivity contribution is 7.61. The Labute approximate surface area is 175 Å². The summed E-state index contributed by atoms with van der Waals surface area (Å²) in [6.07, 6.45) is 7.41. The average Bonchev–Trinajstić information content (AvgIpc) is 2.38. The van der Waals surface area contributed by atoms with Gasteiger partial charge in [-0.3, -0.25) is 0 Å². The third kappa shape index (κ3) is 7.89. The molecule has 0 aromatic carbocycles. The standard InChI is InChI=1S/C25H52P2/c1-19-14-15-20(17-26(22(2,3)4)23(5,6)7)21(16-19)18-27(24(8,9)10)25(11,12)13/h19-21H,14-18H2,1-13H3/t19?,20-,21+/m1/s1. The zero-order chi connectivity index (χ0) is 21.4. The van der Waals surface area contributed by atoms with Crippen LogP contribution in [0.5, 0.6) is 0 Å². The van der Waals surface area contributed by atoms with E-state index in [1.54, 1.807) is 0 Å². The first-order valence-electron chi connectivity index (χ1n) is 11.4. The van der Waals surface area contributed by atoms with Gasteiger partial charge in [-0.05, 0) is 63.5 Å². The molecule has 0 spiro atoms. The van der Waals surface area contributed by atoms with Gasteiger partial charge in [0.1, 0.15) is 0 Å². The fraction of sp³-hybridized carbons (Fsp3) is 1.00. The van der Waals surface area contributed by atoms with Crippen LogP contribution in [0, 0.1) is 17.8 Å². The minimum absolute atomic E-state index is 0.0147. The van der Waals surface area contributed by atoms with Gasteiger partial charge >= 0.3 is 0 Å². The van der Waals surface area contributed by atoms with E-state index >= 15 is 0 Å². The molecule has 0 aliphatic heterocycles. The molecule has 0 bridgehead atoms. The minimum atomic E-state index is 0.0147. The maximum Gasteiger partial charge on any atom is -0.0175 e. The van der Waals surface area contributed by atoms with Crippen LogP contribution >= 0.6 is 15.8 Å². The molecule has 0 amide bonds. The van der Waals surface area contributed by atoms with Crippen molar-refractivity contribution in [3.63, 3.8) is 0 Å². The van der Waals surface area contributed by atoms with E-state index in [0.717, 1.165) is 17.8 Å². The molecule has 0 aromatic heterocycles. The zero-order valence-corrected chi connectivity index (χ0v) is 23.0. The average molecular weight is 415 g/mol. The second kappa shape index (κ2) is 8.93. The molecular weight excluding hydrogens is 362 g/mol. The third-order valence-corrected chi connectivity index (χ3v) is 14.6. The van der Waals surface area contributed by atoms with Crippen molar-refractivity contribution in [3.05, 3.63) is 0 Å². The van der Waals surface area contributed by atoms with Crippen LogP contribution in [0.3, 0.4) is 0 Å². The Kier molecular flexibility index (Phi) is 8.56. The van der Waals surface area contributed by atoms with Crippen molar-refractivity contribution in [2.75, 3.05) is 12.3 Å². The van der Waals surface area contributed by atoms with Gasteiger partial charge in [-0.15, -0.1) is 0 Å². The van der Waals surface area contributed by atoms with Gasteiger partial charge in [0.2, 0.25) is 0 Å². The van der Waals surface area contributed by atoms with Gasteiger partial charge < -0.3 is 0 Å². The Balaban J connectivity index is 3.10. The minimum Gasteiger partial charge on any atom is -0.0954 e. The molecule has 162 valence electrons. The summed E-state index contributed by atoms with van der Waals surface area (Å²) in [6.45, 7) is 32.5. The van der Waals surface area contributed by atoms with Crippen molar-refractivity contribution in [1.29, 1.82) is 0 Å². The molecule has 1 saturated carbocycles. The first-order chi connectivity index (χ1) is 11.8. The SMILES string of the molecule is CC1CC[C@H](CP(C(C)(C)C)C(C)(C)C)[C@H](CP(C(C)(C)C)C(C)(C)C)C1. The number of hydrogen-bond donors (Lipinski definition) is 0. The maximum atomic E-state index is 2.51. The molecule has 0 nitrogen and oxygen atoms in total. The van der Waals surface area contributed by atoms with Crippen molar-refractivity contribution < 1.29 is 0 Å². The smallest absolute Gasteiger partial charge is 0.0175 e. The highest BCUT2D eigenvalue weighted by Gasteiger charge is 2.42. The molecule has 1 rings (SSSR count). The van der Waals surface area contributed by atoms with Crippen LogP contribution in [-0.2, 0) is 0 Å². The van der Waals surface area contributed by atoms with Gasteiger partial charge in [0.25, 0.3) is 0 Å². The normalized spacial score (nSPS) is 26.1. The molecule has 0 aromatic rings. The topological polar surface area (TPSA) is 0 Å². The van der Waals surface area contributed by atoms with Crippen LogP contribution in [0.2, 0.25) is 0 Å². The molecular formula is C25H52P2. The van der Waals surface area contributed by atoms with E-state index in [1.807, 2.05) is 0 Å². The van der Waals surface area contributed by atoms with E-state index in [1.165, 1.54) is 31.6 Å². The van der Waals surface area contributed by atoms with Gasteiger partial charge in [-0.1, -0.05) is 112 Å². The lowest BCUT2D eigenvalue weighted by Crippen LogP contribution is -2.36. The first kappa shape index (κ1) is 25.9. The lowest BCUT2D eigenvalue weighted by molar-refractivity contribution is 0.224. The van der Waals surface area contributed by atoms with Gasteiger partial charge in [0.05, 0.1) is 0 Å². The summed E-state index contributed by atoms with van der Waals surface area (Å²) in [5.41, 5.74) is 0. The molecule has 0 saturated heterocycles. The van der Waals surface area contributed by atoms with E-state index in [4.69, 9.17) is 0 Å². The van der Waals surface area contributed by atoms with Crippen molar-refractivity contribution in [2.24, 2.45) is 17.8 Å². The molecule has 1 unspecified atom stereocenters. The van der Waals surface area contributed by atoms with E-state index in [2.05, 4.69) is 90.0 Å². The number of rotatable bonds is 4. The van der Waals surface area contributed by atoms with Gasteiger partial charge in [-0.2, -0.15) is 0 Å². The summed E-state index contributed by atoms with van der Waals surface area (Å²) < 4.78 is 0. The van der Waals surface area contributed by atoms with Crippen molar-refractivity contribution >= 4 is 15.8 Å². The predicted molar refractivity (Wildman–Crippen MR) is 133 cm³/mol. The Morgan fingerprint density at radius 1 is 0.556 bits per heavy atom. The molecule has 1 aliphatic carbocycles. The van der Waals surface area contributed by atoms with Gasteiger partial charge in [0.15, 0.2) is 0 Å². The molecule has 1 fully saturated rings. The lowest BCUT2D eigenvalue weighted by Gasteiger charge is -2.49. The molecule has 1 aliphatic rings. The lowest BCUT2D eigenvalue weighted by atomic mass is 9.76. The Bertz CT molecular complexity index is 425. The molecule has 3 atom stereocenters. The largest absolute Gasteiger partial charge is 0.0954 e.